The first-order valence-corrected chi connectivity index (χ1v) is 9.18. The smallest absolute Gasteiger partial charge is 0.250 e. The fraction of sp³-hybridized carbons (Fsp3) is 0.286. The second-order valence-electron chi connectivity index (χ2n) is 7.34. The van der Waals surface area contributed by atoms with Gasteiger partial charge < -0.3 is 5.32 Å². The van der Waals surface area contributed by atoms with E-state index in [-0.39, 0.29) is 17.7 Å². The van der Waals surface area contributed by atoms with Crippen LogP contribution in [0.15, 0.2) is 54.6 Å². The van der Waals surface area contributed by atoms with Gasteiger partial charge in [-0.05, 0) is 18.1 Å². The molecule has 2 saturated heterocycles. The molecule has 5 rings (SSSR count). The van der Waals surface area contributed by atoms with Crippen molar-refractivity contribution in [3.8, 4) is 0 Å². The molecule has 3 amide bonds. The Balaban J connectivity index is 1.47. The van der Waals surface area contributed by atoms with Gasteiger partial charge in [0.1, 0.15) is 5.54 Å². The summed E-state index contributed by atoms with van der Waals surface area (Å²) < 4.78 is 0. The summed E-state index contributed by atoms with van der Waals surface area (Å²) in [5.74, 6) is -1.86. The minimum absolute atomic E-state index is 0.178. The largest absolute Gasteiger partial charge is 0.324 e. The number of carbonyl (C=O) groups excluding carboxylic acids is 3. The average Bonchev–Trinajstić information content (AvgIpc) is 3.29. The molecule has 6 heteroatoms. The number of imide groups is 1. The molecule has 0 aromatic heterocycles. The van der Waals surface area contributed by atoms with Crippen molar-refractivity contribution in [1.29, 1.82) is 0 Å². The second kappa shape index (κ2) is 5.76. The summed E-state index contributed by atoms with van der Waals surface area (Å²) in [4.78, 5) is 40.4. The van der Waals surface area contributed by atoms with E-state index in [1.54, 1.807) is 0 Å². The third kappa shape index (κ3) is 2.13. The lowest BCUT2D eigenvalue weighted by molar-refractivity contribution is -0.142. The van der Waals surface area contributed by atoms with Gasteiger partial charge in [0.15, 0.2) is 0 Å². The van der Waals surface area contributed by atoms with Crippen molar-refractivity contribution in [2.75, 3.05) is 18.4 Å². The summed E-state index contributed by atoms with van der Waals surface area (Å²) >= 11 is 0. The van der Waals surface area contributed by atoms with Crippen LogP contribution >= 0.6 is 0 Å². The van der Waals surface area contributed by atoms with Crippen molar-refractivity contribution in [2.24, 2.45) is 11.8 Å². The van der Waals surface area contributed by atoms with Crippen LogP contribution in [0.5, 0.6) is 0 Å². The van der Waals surface area contributed by atoms with Crippen LogP contribution < -0.4 is 10.6 Å². The van der Waals surface area contributed by atoms with Crippen molar-refractivity contribution in [2.45, 2.75) is 12.0 Å². The number of hydrogen-bond donors (Lipinski definition) is 2. The second-order valence-corrected chi connectivity index (χ2v) is 7.34. The molecule has 2 aromatic rings. The van der Waals surface area contributed by atoms with Gasteiger partial charge >= 0.3 is 0 Å². The van der Waals surface area contributed by atoms with Gasteiger partial charge in [-0.2, -0.15) is 0 Å². The number of carbonyl (C=O) groups is 3. The maximum absolute atomic E-state index is 13.2. The molecule has 0 aliphatic carbocycles. The Hall–Kier alpha value is -2.99. The highest BCUT2D eigenvalue weighted by Crippen LogP contribution is 2.50. The summed E-state index contributed by atoms with van der Waals surface area (Å²) in [7, 11) is 0. The Labute approximate surface area is 156 Å². The van der Waals surface area contributed by atoms with Gasteiger partial charge in [0.05, 0.1) is 11.8 Å². The highest BCUT2D eigenvalue weighted by Gasteiger charge is 2.67. The van der Waals surface area contributed by atoms with E-state index in [9.17, 15) is 14.4 Å². The quantitative estimate of drug-likeness (QED) is 0.808. The van der Waals surface area contributed by atoms with Crippen molar-refractivity contribution in [3.63, 3.8) is 0 Å². The molecule has 2 fully saturated rings. The number of benzene rings is 2. The Morgan fingerprint density at radius 3 is 2.52 bits per heavy atom. The van der Waals surface area contributed by atoms with Crippen LogP contribution in [0.25, 0.3) is 0 Å². The molecule has 0 unspecified atom stereocenters. The first-order valence-electron chi connectivity index (χ1n) is 9.18. The summed E-state index contributed by atoms with van der Waals surface area (Å²) in [5, 5.41) is 6.08. The number of nitrogens with one attached hydrogen (secondary N) is 2. The minimum Gasteiger partial charge on any atom is -0.324 e. The molecule has 2 aromatic carbocycles. The zero-order valence-corrected chi connectivity index (χ0v) is 14.6. The highest BCUT2D eigenvalue weighted by molar-refractivity contribution is 6.14. The molecular formula is C21H19N3O3. The van der Waals surface area contributed by atoms with Crippen LogP contribution in [-0.2, 0) is 26.3 Å². The molecule has 3 aliphatic heterocycles. The van der Waals surface area contributed by atoms with Crippen molar-refractivity contribution in [3.05, 3.63) is 65.7 Å². The minimum atomic E-state index is -1.14. The molecule has 2 N–H and O–H groups in total. The Morgan fingerprint density at radius 2 is 1.70 bits per heavy atom. The molecule has 27 heavy (non-hydrogen) atoms. The Kier molecular flexibility index (Phi) is 3.45. The lowest BCUT2D eigenvalue weighted by Crippen LogP contribution is -2.51. The van der Waals surface area contributed by atoms with Crippen LogP contribution in [0.1, 0.15) is 11.1 Å². The van der Waals surface area contributed by atoms with E-state index < -0.39 is 17.4 Å². The van der Waals surface area contributed by atoms with E-state index in [0.717, 1.165) is 11.1 Å². The monoisotopic (exact) mass is 361 g/mol. The maximum atomic E-state index is 13.2. The lowest BCUT2D eigenvalue weighted by atomic mass is 9.77. The zero-order chi connectivity index (χ0) is 18.6. The van der Waals surface area contributed by atoms with Crippen molar-refractivity contribution < 1.29 is 14.4 Å². The highest BCUT2D eigenvalue weighted by atomic mass is 16.2. The fourth-order valence-electron chi connectivity index (χ4n) is 4.73. The predicted octanol–water partition coefficient (Wildman–Crippen LogP) is 1.28. The zero-order valence-electron chi connectivity index (χ0n) is 14.6. The summed E-state index contributed by atoms with van der Waals surface area (Å²) in [6.45, 7) is 0.673. The molecule has 136 valence electrons. The van der Waals surface area contributed by atoms with E-state index in [4.69, 9.17) is 0 Å². The van der Waals surface area contributed by atoms with Gasteiger partial charge in [0, 0.05) is 24.3 Å². The number of rotatable bonds is 3. The summed E-state index contributed by atoms with van der Waals surface area (Å²) in [5.41, 5.74) is 1.40. The molecule has 0 radical (unpaired) electrons. The Morgan fingerprint density at radius 1 is 0.963 bits per heavy atom. The molecule has 3 heterocycles. The number of likely N-dealkylation sites (tertiary alicyclic amines) is 1. The van der Waals surface area contributed by atoms with Crippen LogP contribution in [0.3, 0.4) is 0 Å². The topological polar surface area (TPSA) is 78.5 Å². The van der Waals surface area contributed by atoms with Crippen molar-refractivity contribution >= 4 is 23.4 Å². The van der Waals surface area contributed by atoms with Crippen LogP contribution in [-0.4, -0.2) is 35.7 Å². The van der Waals surface area contributed by atoms with Gasteiger partial charge in [0.2, 0.25) is 17.7 Å². The first-order chi connectivity index (χ1) is 13.1. The SMILES string of the molecule is O=C1[C@H]2CN[C@]3(C(=O)Nc4ccccc43)[C@@H]2C(=O)N1CCc1ccccc1. The van der Waals surface area contributed by atoms with E-state index in [1.807, 2.05) is 54.6 Å². The summed E-state index contributed by atoms with van der Waals surface area (Å²) in [6, 6.07) is 17.2. The molecule has 3 atom stereocenters. The van der Waals surface area contributed by atoms with Crippen molar-refractivity contribution in [1.82, 2.24) is 10.2 Å². The first kappa shape index (κ1) is 16.2. The molecular weight excluding hydrogens is 342 g/mol. The number of anilines is 1. The predicted molar refractivity (Wildman–Crippen MR) is 98.6 cm³/mol. The van der Waals surface area contributed by atoms with E-state index in [2.05, 4.69) is 10.6 Å². The van der Waals surface area contributed by atoms with Crippen LogP contribution in [0, 0.1) is 11.8 Å². The standard InChI is InChI=1S/C21H19N3O3/c25-18-14-12-22-21(15-8-4-5-9-16(15)23-20(21)27)17(14)19(26)24(18)11-10-13-6-2-1-3-7-13/h1-9,14,17,22H,10-12H2,(H,23,27)/t14-,17-,21-/m0/s1. The summed E-state index contributed by atoms with van der Waals surface area (Å²) in [6.07, 6.45) is 0.612. The molecule has 0 saturated carbocycles. The number of amides is 3. The van der Waals surface area contributed by atoms with Gasteiger partial charge in [-0.25, -0.2) is 0 Å². The third-order valence-electron chi connectivity index (χ3n) is 6.01. The molecule has 3 aliphatic rings. The maximum Gasteiger partial charge on any atom is 0.250 e. The van der Waals surface area contributed by atoms with Crippen LogP contribution in [0.4, 0.5) is 5.69 Å². The Bertz CT molecular complexity index is 958. The van der Waals surface area contributed by atoms with Gasteiger partial charge in [-0.1, -0.05) is 48.5 Å². The molecule has 1 spiro atoms. The molecule has 0 bridgehead atoms. The number of para-hydroxylation sites is 1. The van der Waals surface area contributed by atoms with Gasteiger partial charge in [0.25, 0.3) is 0 Å². The van der Waals surface area contributed by atoms with Crippen LogP contribution in [0.2, 0.25) is 0 Å². The number of hydrogen-bond acceptors (Lipinski definition) is 4. The number of nitrogens with zero attached hydrogens (tertiary/aromatic N) is 1. The van der Waals surface area contributed by atoms with E-state index in [1.165, 1.54) is 4.90 Å². The van der Waals surface area contributed by atoms with E-state index >= 15 is 0 Å². The third-order valence-corrected chi connectivity index (χ3v) is 6.01. The fourth-order valence-corrected chi connectivity index (χ4v) is 4.73. The average molecular weight is 361 g/mol. The molecule has 6 nitrogen and oxygen atoms in total. The number of fused-ring (bicyclic) bond motifs is 4. The van der Waals surface area contributed by atoms with Gasteiger partial charge in [-0.3, -0.25) is 24.6 Å². The van der Waals surface area contributed by atoms with Gasteiger partial charge in [-0.15, -0.1) is 0 Å². The lowest BCUT2D eigenvalue weighted by Gasteiger charge is -2.28. The van der Waals surface area contributed by atoms with E-state index in [0.29, 0.717) is 25.2 Å². The normalized spacial score (nSPS) is 28.6.